The highest BCUT2D eigenvalue weighted by atomic mass is 16.5. The van der Waals surface area contributed by atoms with Crippen LogP contribution in [0.2, 0.25) is 0 Å². The second-order valence-electron chi connectivity index (χ2n) is 4.53. The number of hydrogen-bond donors (Lipinski definition) is 1. The van der Waals surface area contributed by atoms with E-state index in [1.165, 1.54) is 0 Å². The Bertz CT molecular complexity index is 597. The molecule has 0 bridgehead atoms. The van der Waals surface area contributed by atoms with E-state index in [9.17, 15) is 4.79 Å². The molecule has 0 unspecified atom stereocenters. The van der Waals surface area contributed by atoms with E-state index in [4.69, 9.17) is 4.74 Å². The molecule has 1 aromatic carbocycles. The second kappa shape index (κ2) is 5.84. The molecule has 1 heterocycles. The van der Waals surface area contributed by atoms with E-state index in [-0.39, 0.29) is 11.8 Å². The van der Waals surface area contributed by atoms with Gasteiger partial charge in [0.1, 0.15) is 6.10 Å². The summed E-state index contributed by atoms with van der Waals surface area (Å²) in [4.78, 5) is 11.9. The molecule has 5 nitrogen and oxygen atoms in total. The van der Waals surface area contributed by atoms with Crippen molar-refractivity contribution in [2.24, 2.45) is 0 Å². The first-order chi connectivity index (χ1) is 9.17. The van der Waals surface area contributed by atoms with Crippen molar-refractivity contribution < 1.29 is 4.74 Å². The molecular formula is C14H19N3O2. The largest absolute Gasteiger partial charge is 0.373 e. The Balaban J connectivity index is 2.38. The minimum atomic E-state index is -0.200. The minimum Gasteiger partial charge on any atom is -0.373 e. The number of benzene rings is 1. The second-order valence-corrected chi connectivity index (χ2v) is 4.53. The highest BCUT2D eigenvalue weighted by Crippen LogP contribution is 2.18. The fourth-order valence-corrected chi connectivity index (χ4v) is 2.14. The van der Waals surface area contributed by atoms with E-state index in [1.807, 2.05) is 38.1 Å². The van der Waals surface area contributed by atoms with Gasteiger partial charge in [-0.1, -0.05) is 31.2 Å². The van der Waals surface area contributed by atoms with E-state index in [0.717, 1.165) is 17.5 Å². The summed E-state index contributed by atoms with van der Waals surface area (Å²) in [6.07, 6.45) is 0.608. The molecule has 19 heavy (non-hydrogen) atoms. The molecule has 0 aliphatic rings. The van der Waals surface area contributed by atoms with Gasteiger partial charge >= 0.3 is 5.69 Å². The fraction of sp³-hybridized carbons (Fsp3) is 0.429. The van der Waals surface area contributed by atoms with Gasteiger partial charge < -0.3 is 4.74 Å². The van der Waals surface area contributed by atoms with Crippen LogP contribution < -0.4 is 5.69 Å². The van der Waals surface area contributed by atoms with Crippen molar-refractivity contribution in [2.75, 3.05) is 7.11 Å². The maximum absolute atomic E-state index is 11.9. The third-order valence-electron chi connectivity index (χ3n) is 3.32. The van der Waals surface area contributed by atoms with Crippen LogP contribution in [0.1, 0.15) is 36.4 Å². The van der Waals surface area contributed by atoms with E-state index in [2.05, 4.69) is 10.2 Å². The third-order valence-corrected chi connectivity index (χ3v) is 3.32. The summed E-state index contributed by atoms with van der Waals surface area (Å²) in [6, 6.07) is 8.02. The van der Waals surface area contributed by atoms with E-state index in [0.29, 0.717) is 12.4 Å². The molecule has 2 aromatic rings. The molecule has 0 aliphatic heterocycles. The summed E-state index contributed by atoms with van der Waals surface area (Å²) in [7, 11) is 1.63. The lowest BCUT2D eigenvalue weighted by Crippen LogP contribution is -2.22. The quantitative estimate of drug-likeness (QED) is 0.895. The van der Waals surface area contributed by atoms with Gasteiger partial charge in [-0.25, -0.2) is 9.89 Å². The number of ether oxygens (including phenoxy) is 1. The molecule has 0 fully saturated rings. The number of hydrogen-bond acceptors (Lipinski definition) is 3. The lowest BCUT2D eigenvalue weighted by Gasteiger charge is -2.14. The molecule has 1 aromatic heterocycles. The van der Waals surface area contributed by atoms with Gasteiger partial charge in [-0.15, -0.1) is 0 Å². The summed E-state index contributed by atoms with van der Waals surface area (Å²) in [6.45, 7) is 4.55. The van der Waals surface area contributed by atoms with Crippen molar-refractivity contribution in [3.05, 3.63) is 51.7 Å². The van der Waals surface area contributed by atoms with Crippen LogP contribution in [0.15, 0.2) is 29.1 Å². The number of rotatable bonds is 5. The number of methoxy groups -OCH3 is 1. The average Bonchev–Trinajstić information content (AvgIpc) is 2.76. The maximum Gasteiger partial charge on any atom is 0.343 e. The average molecular weight is 261 g/mol. The van der Waals surface area contributed by atoms with Crippen molar-refractivity contribution in [1.29, 1.82) is 0 Å². The minimum absolute atomic E-state index is 0.164. The normalized spacial score (nSPS) is 12.6. The van der Waals surface area contributed by atoms with Crippen LogP contribution in [0.4, 0.5) is 0 Å². The molecule has 0 amide bonds. The van der Waals surface area contributed by atoms with Crippen LogP contribution in [0.5, 0.6) is 0 Å². The molecule has 1 atom stereocenters. The zero-order valence-electron chi connectivity index (χ0n) is 11.5. The van der Waals surface area contributed by atoms with Crippen LogP contribution in [0.25, 0.3) is 0 Å². The molecule has 2 rings (SSSR count). The summed E-state index contributed by atoms with van der Waals surface area (Å²) in [5, 5.41) is 6.59. The number of aromatic amines is 1. The summed E-state index contributed by atoms with van der Waals surface area (Å²) in [5.41, 5.74) is 2.07. The molecule has 0 spiro atoms. The molecule has 0 saturated heterocycles. The predicted octanol–water partition coefficient (Wildman–Crippen LogP) is 2.03. The number of H-pyrrole nitrogens is 1. The topological polar surface area (TPSA) is 59.9 Å². The summed E-state index contributed by atoms with van der Waals surface area (Å²) < 4.78 is 7.00. The zero-order chi connectivity index (χ0) is 13.8. The van der Waals surface area contributed by atoms with E-state index < -0.39 is 0 Å². The van der Waals surface area contributed by atoms with Crippen molar-refractivity contribution in [2.45, 2.75) is 32.9 Å². The van der Waals surface area contributed by atoms with Gasteiger partial charge in [-0.2, -0.15) is 5.10 Å². The third kappa shape index (κ3) is 2.76. The Morgan fingerprint density at radius 3 is 2.79 bits per heavy atom. The molecule has 1 N–H and O–H groups in total. The molecule has 102 valence electrons. The van der Waals surface area contributed by atoms with Gasteiger partial charge in [-0.3, -0.25) is 4.57 Å². The number of aromatic nitrogens is 3. The fourth-order valence-electron chi connectivity index (χ4n) is 2.14. The highest BCUT2D eigenvalue weighted by molar-refractivity contribution is 5.26. The van der Waals surface area contributed by atoms with Gasteiger partial charge in [0.2, 0.25) is 0 Å². The molecular weight excluding hydrogens is 242 g/mol. The Morgan fingerprint density at radius 1 is 1.42 bits per heavy atom. The Hall–Kier alpha value is -1.88. The maximum atomic E-state index is 11.9. The Morgan fingerprint density at radius 2 is 2.16 bits per heavy atom. The standard InChI is InChI=1S/C14H19N3O2/c1-4-12(19-3)13-15-16-14(18)17(13)9-11-8-6-5-7-10(11)2/h5-8,12H,4,9H2,1-3H3,(H,16,18)/t12-/m1/s1. The van der Waals surface area contributed by atoms with Crippen LogP contribution in [-0.4, -0.2) is 21.9 Å². The van der Waals surface area contributed by atoms with Gasteiger partial charge in [0.05, 0.1) is 6.54 Å². The molecule has 0 aliphatic carbocycles. The first-order valence-electron chi connectivity index (χ1n) is 6.39. The first-order valence-corrected chi connectivity index (χ1v) is 6.39. The van der Waals surface area contributed by atoms with Crippen LogP contribution in [0.3, 0.4) is 0 Å². The highest BCUT2D eigenvalue weighted by Gasteiger charge is 2.18. The predicted molar refractivity (Wildman–Crippen MR) is 73.2 cm³/mol. The lowest BCUT2D eigenvalue weighted by atomic mass is 10.1. The van der Waals surface area contributed by atoms with Gasteiger partial charge in [-0.05, 0) is 24.5 Å². The number of nitrogens with one attached hydrogen (secondary N) is 1. The molecule has 5 heteroatoms. The lowest BCUT2D eigenvalue weighted by molar-refractivity contribution is 0.0893. The van der Waals surface area contributed by atoms with Gasteiger partial charge in [0, 0.05) is 7.11 Å². The number of nitrogens with zero attached hydrogens (tertiary/aromatic N) is 2. The van der Waals surface area contributed by atoms with Crippen molar-refractivity contribution >= 4 is 0 Å². The molecule has 0 radical (unpaired) electrons. The summed E-state index contributed by atoms with van der Waals surface area (Å²) >= 11 is 0. The van der Waals surface area contributed by atoms with Crippen molar-refractivity contribution in [3.8, 4) is 0 Å². The van der Waals surface area contributed by atoms with Crippen LogP contribution in [-0.2, 0) is 11.3 Å². The Kier molecular flexibility index (Phi) is 4.16. The van der Waals surface area contributed by atoms with Gasteiger partial charge in [0.15, 0.2) is 5.82 Å². The smallest absolute Gasteiger partial charge is 0.343 e. The van der Waals surface area contributed by atoms with Crippen LogP contribution in [0, 0.1) is 6.92 Å². The SMILES string of the molecule is CC[C@@H](OC)c1n[nH]c(=O)n1Cc1ccccc1C. The van der Waals surface area contributed by atoms with Gasteiger partial charge in [0.25, 0.3) is 0 Å². The zero-order valence-corrected chi connectivity index (χ0v) is 11.5. The number of aryl methyl sites for hydroxylation is 1. The van der Waals surface area contributed by atoms with Crippen molar-refractivity contribution in [3.63, 3.8) is 0 Å². The van der Waals surface area contributed by atoms with E-state index in [1.54, 1.807) is 11.7 Å². The van der Waals surface area contributed by atoms with Crippen molar-refractivity contribution in [1.82, 2.24) is 14.8 Å². The Labute approximate surface area is 112 Å². The summed E-state index contributed by atoms with van der Waals surface area (Å²) in [5.74, 6) is 0.651. The first kappa shape index (κ1) is 13.5. The van der Waals surface area contributed by atoms with E-state index >= 15 is 0 Å². The van der Waals surface area contributed by atoms with Crippen LogP contribution >= 0.6 is 0 Å². The molecule has 0 saturated carbocycles. The monoisotopic (exact) mass is 261 g/mol.